The van der Waals surface area contributed by atoms with Crippen molar-refractivity contribution in [2.24, 2.45) is 0 Å². The molecule has 1 aliphatic rings. The zero-order chi connectivity index (χ0) is 25.9. The summed E-state index contributed by atoms with van der Waals surface area (Å²) in [6.07, 6.45) is 1.13. The standard InChI is InChI=1S/C24H20N4O6/c29-18-8-17-7-15(3-6-21(17)34-12-18)11-26-23(31)20-9-19(27-13-28-20)22(30)25-10-14-1-4-16(5-2-14)24(32)33/h1-7,9,13H,8,10-12H2,(H,25,30)(H,26,31)(H,32,33)/i11D2. The number of nitrogens with one attached hydrogen (secondary N) is 2. The van der Waals surface area contributed by atoms with Gasteiger partial charge in [0.1, 0.15) is 30.1 Å². The summed E-state index contributed by atoms with van der Waals surface area (Å²) in [4.78, 5) is 55.5. The molecule has 3 aromatic rings. The van der Waals surface area contributed by atoms with E-state index in [4.69, 9.17) is 12.6 Å². The zero-order valence-electron chi connectivity index (χ0n) is 19.7. The number of carboxylic acid groups (broad SMARTS) is 1. The van der Waals surface area contributed by atoms with Gasteiger partial charge in [-0.05, 0) is 35.4 Å². The molecule has 0 atom stereocenters. The van der Waals surface area contributed by atoms with Crippen molar-refractivity contribution < 1.29 is 31.8 Å². The number of hydrogen-bond donors (Lipinski definition) is 3. The number of fused-ring (bicyclic) bond motifs is 1. The van der Waals surface area contributed by atoms with Gasteiger partial charge in [-0.1, -0.05) is 18.2 Å². The van der Waals surface area contributed by atoms with Gasteiger partial charge in [0.15, 0.2) is 5.78 Å². The van der Waals surface area contributed by atoms with Crippen LogP contribution in [0.1, 0.15) is 50.8 Å². The van der Waals surface area contributed by atoms with Crippen LogP contribution in [-0.2, 0) is 24.3 Å². The second-order valence-corrected chi connectivity index (χ2v) is 7.38. The number of ketones is 1. The number of amides is 2. The molecule has 1 aromatic heterocycles. The van der Waals surface area contributed by atoms with Crippen LogP contribution < -0.4 is 15.4 Å². The summed E-state index contributed by atoms with van der Waals surface area (Å²) in [5.74, 6) is -2.17. The molecular formula is C24H20N4O6. The molecule has 2 heterocycles. The summed E-state index contributed by atoms with van der Waals surface area (Å²) in [7, 11) is 0. The van der Waals surface area contributed by atoms with Crippen LogP contribution in [0.25, 0.3) is 0 Å². The molecule has 3 N–H and O–H groups in total. The van der Waals surface area contributed by atoms with Crippen molar-refractivity contribution in [1.29, 1.82) is 0 Å². The lowest BCUT2D eigenvalue weighted by atomic mass is 10.0. The van der Waals surface area contributed by atoms with E-state index in [0.717, 1.165) is 12.4 Å². The average Bonchev–Trinajstić information content (AvgIpc) is 2.86. The highest BCUT2D eigenvalue weighted by molar-refractivity contribution is 5.97. The molecule has 0 aliphatic carbocycles. The SMILES string of the molecule is [2H]C([2H])(NC(=O)c1cc(C(=O)NCc2ccc(C(=O)O)cc2)ncn1)c1ccc2c(c1)CC(=O)CO2. The number of hydrogen-bond acceptors (Lipinski definition) is 7. The Labute approximate surface area is 196 Å². The summed E-state index contributed by atoms with van der Waals surface area (Å²) in [6.45, 7) is -2.24. The topological polar surface area (TPSA) is 148 Å². The second-order valence-electron chi connectivity index (χ2n) is 7.38. The summed E-state index contributed by atoms with van der Waals surface area (Å²) >= 11 is 0. The van der Waals surface area contributed by atoms with Crippen molar-refractivity contribution in [2.45, 2.75) is 19.5 Å². The van der Waals surface area contributed by atoms with Gasteiger partial charge in [-0.25, -0.2) is 14.8 Å². The van der Waals surface area contributed by atoms with Gasteiger partial charge < -0.3 is 20.5 Å². The lowest BCUT2D eigenvalue weighted by Crippen LogP contribution is -2.27. The van der Waals surface area contributed by atoms with E-state index in [1.54, 1.807) is 18.2 Å². The van der Waals surface area contributed by atoms with Crippen molar-refractivity contribution in [3.63, 3.8) is 0 Å². The zero-order valence-corrected chi connectivity index (χ0v) is 17.7. The Morgan fingerprint density at radius 3 is 2.35 bits per heavy atom. The summed E-state index contributed by atoms with van der Waals surface area (Å²) in [6, 6.07) is 11.6. The molecule has 0 bridgehead atoms. The first kappa shape index (κ1) is 20.0. The van der Waals surface area contributed by atoms with Crippen LogP contribution in [-0.4, -0.2) is 45.2 Å². The third-order valence-electron chi connectivity index (χ3n) is 4.94. The predicted octanol–water partition coefficient (Wildman–Crippen LogP) is 1.54. The highest BCUT2D eigenvalue weighted by atomic mass is 16.5. The van der Waals surface area contributed by atoms with E-state index in [1.165, 1.54) is 24.3 Å². The van der Waals surface area contributed by atoms with Crippen LogP contribution in [0, 0.1) is 0 Å². The summed E-state index contributed by atoms with van der Waals surface area (Å²) in [5, 5.41) is 13.8. The van der Waals surface area contributed by atoms with Gasteiger partial charge in [0, 0.05) is 31.1 Å². The van der Waals surface area contributed by atoms with E-state index in [2.05, 4.69) is 20.6 Å². The molecule has 34 heavy (non-hydrogen) atoms. The number of benzene rings is 2. The molecule has 0 saturated carbocycles. The Balaban J connectivity index is 1.42. The van der Waals surface area contributed by atoms with Gasteiger partial charge in [-0.3, -0.25) is 14.4 Å². The van der Waals surface area contributed by atoms with Crippen molar-refractivity contribution in [3.05, 3.63) is 88.5 Å². The van der Waals surface area contributed by atoms with Crippen LogP contribution in [0.4, 0.5) is 0 Å². The molecule has 0 spiro atoms. The average molecular weight is 462 g/mol. The number of carboxylic acids is 1. The number of carbonyl (C=O) groups excluding carboxylic acids is 3. The van der Waals surface area contributed by atoms with E-state index in [0.29, 0.717) is 16.9 Å². The molecule has 1 aliphatic heterocycles. The third-order valence-corrected chi connectivity index (χ3v) is 4.94. The fourth-order valence-electron chi connectivity index (χ4n) is 3.19. The maximum atomic E-state index is 12.7. The Kier molecular flexibility index (Phi) is 5.84. The number of Topliss-reactive ketones (excluding diaryl/α,β-unsaturated/α-hetero) is 1. The first-order valence-electron chi connectivity index (χ1n) is 11.2. The first-order chi connectivity index (χ1) is 17.1. The van der Waals surface area contributed by atoms with Crippen molar-refractivity contribution >= 4 is 23.6 Å². The Morgan fingerprint density at radius 2 is 1.65 bits per heavy atom. The lowest BCUT2D eigenvalue weighted by Gasteiger charge is -2.17. The number of nitrogens with zero attached hydrogens (tertiary/aromatic N) is 2. The summed E-state index contributed by atoms with van der Waals surface area (Å²) < 4.78 is 21.9. The van der Waals surface area contributed by atoms with E-state index >= 15 is 0 Å². The maximum Gasteiger partial charge on any atom is 0.335 e. The minimum atomic E-state index is -2.30. The molecule has 2 amide bonds. The van der Waals surface area contributed by atoms with Crippen LogP contribution in [0.5, 0.6) is 5.75 Å². The number of aromatic carboxylic acids is 1. The Hall–Kier alpha value is -4.60. The van der Waals surface area contributed by atoms with Crippen LogP contribution in [0.2, 0.25) is 0 Å². The molecular weight excluding hydrogens is 440 g/mol. The first-order valence-corrected chi connectivity index (χ1v) is 10.2. The summed E-state index contributed by atoms with van der Waals surface area (Å²) in [5.41, 5.74) is 1.09. The highest BCUT2D eigenvalue weighted by Crippen LogP contribution is 2.24. The minimum absolute atomic E-state index is 0.0312. The van der Waals surface area contributed by atoms with Crippen LogP contribution in [0.3, 0.4) is 0 Å². The fourth-order valence-corrected chi connectivity index (χ4v) is 3.19. The van der Waals surface area contributed by atoms with Gasteiger partial charge in [0.2, 0.25) is 0 Å². The molecule has 2 aromatic carbocycles. The smallest absolute Gasteiger partial charge is 0.335 e. The number of aromatic nitrogens is 2. The van der Waals surface area contributed by atoms with E-state index < -0.39 is 24.3 Å². The van der Waals surface area contributed by atoms with Gasteiger partial charge in [0.05, 0.1) is 8.30 Å². The largest absolute Gasteiger partial charge is 0.486 e. The monoisotopic (exact) mass is 462 g/mol. The quantitative estimate of drug-likeness (QED) is 0.479. The van der Waals surface area contributed by atoms with Crippen LogP contribution in [0.15, 0.2) is 54.9 Å². The Bertz CT molecular complexity index is 1360. The Morgan fingerprint density at radius 1 is 0.971 bits per heavy atom. The normalized spacial score (nSPS) is 13.6. The second kappa shape index (κ2) is 9.90. The lowest BCUT2D eigenvalue weighted by molar-refractivity contribution is -0.121. The molecule has 10 heteroatoms. The number of carbonyl (C=O) groups is 4. The highest BCUT2D eigenvalue weighted by Gasteiger charge is 2.18. The molecule has 0 radical (unpaired) electrons. The fraction of sp³-hybridized carbons (Fsp3) is 0.167. The van der Waals surface area contributed by atoms with Gasteiger partial charge in [-0.2, -0.15) is 0 Å². The third kappa shape index (κ3) is 5.41. The molecule has 0 unspecified atom stereocenters. The van der Waals surface area contributed by atoms with Gasteiger partial charge >= 0.3 is 5.97 Å². The maximum absolute atomic E-state index is 12.7. The van der Waals surface area contributed by atoms with Crippen molar-refractivity contribution in [1.82, 2.24) is 20.6 Å². The predicted molar refractivity (Wildman–Crippen MR) is 118 cm³/mol. The molecule has 10 nitrogen and oxygen atoms in total. The molecule has 0 fully saturated rings. The van der Waals surface area contributed by atoms with Gasteiger partial charge in [-0.15, -0.1) is 0 Å². The number of rotatable bonds is 7. The van der Waals surface area contributed by atoms with Crippen molar-refractivity contribution in [3.8, 4) is 5.75 Å². The van der Waals surface area contributed by atoms with Crippen molar-refractivity contribution in [2.75, 3.05) is 6.61 Å². The molecule has 172 valence electrons. The molecule has 4 rings (SSSR count). The number of ether oxygens (including phenoxy) is 1. The van der Waals surface area contributed by atoms with E-state index in [-0.39, 0.29) is 47.9 Å². The molecule has 0 saturated heterocycles. The van der Waals surface area contributed by atoms with Crippen LogP contribution >= 0.6 is 0 Å². The van der Waals surface area contributed by atoms with E-state index in [1.807, 2.05) is 0 Å². The van der Waals surface area contributed by atoms with E-state index in [9.17, 15) is 19.2 Å². The minimum Gasteiger partial charge on any atom is -0.486 e. The van der Waals surface area contributed by atoms with Gasteiger partial charge in [0.25, 0.3) is 11.8 Å².